The summed E-state index contributed by atoms with van der Waals surface area (Å²) < 4.78 is 18.8. The van der Waals surface area contributed by atoms with Gasteiger partial charge in [0.05, 0.1) is 18.2 Å². The molecule has 1 aliphatic heterocycles. The summed E-state index contributed by atoms with van der Waals surface area (Å²) in [5.41, 5.74) is -0.136. The predicted molar refractivity (Wildman–Crippen MR) is 95.3 cm³/mol. The van der Waals surface area contributed by atoms with Crippen molar-refractivity contribution in [3.05, 3.63) is 65.5 Å². The molecule has 0 radical (unpaired) electrons. The van der Waals surface area contributed by atoms with Crippen LogP contribution in [0.15, 0.2) is 48.5 Å². The largest absolute Gasteiger partial charge is 0.492 e. The van der Waals surface area contributed by atoms with E-state index < -0.39 is 17.4 Å². The van der Waals surface area contributed by atoms with Crippen molar-refractivity contribution in [2.45, 2.75) is 18.9 Å². The number of nitrogens with one attached hydrogen (secondary N) is 1. The van der Waals surface area contributed by atoms with Crippen LogP contribution in [-0.4, -0.2) is 30.0 Å². The number of nitriles is 1. The van der Waals surface area contributed by atoms with E-state index in [-0.39, 0.29) is 19.1 Å². The lowest BCUT2D eigenvalue weighted by atomic mass is 9.87. The zero-order valence-corrected chi connectivity index (χ0v) is 14.7. The van der Waals surface area contributed by atoms with Crippen molar-refractivity contribution in [2.75, 3.05) is 13.2 Å². The Balaban J connectivity index is 1.69. The Morgan fingerprint density at radius 3 is 2.41 bits per heavy atom. The maximum absolute atomic E-state index is 13.2. The van der Waals surface area contributed by atoms with E-state index in [4.69, 9.17) is 10.00 Å². The Kier molecular flexibility index (Phi) is 5.08. The summed E-state index contributed by atoms with van der Waals surface area (Å²) in [5, 5.41) is 11.5. The zero-order valence-electron chi connectivity index (χ0n) is 14.7. The second-order valence-electron chi connectivity index (χ2n) is 6.14. The molecule has 7 heteroatoms. The van der Waals surface area contributed by atoms with Crippen LogP contribution in [0.5, 0.6) is 5.75 Å². The van der Waals surface area contributed by atoms with E-state index in [0.29, 0.717) is 23.3 Å². The second kappa shape index (κ2) is 7.46. The molecule has 0 unspecified atom stereocenters. The molecule has 6 nitrogen and oxygen atoms in total. The van der Waals surface area contributed by atoms with Crippen LogP contribution >= 0.6 is 0 Å². The first-order chi connectivity index (χ1) is 13.0. The molecule has 2 aromatic rings. The number of hydrogen-bond acceptors (Lipinski definition) is 4. The van der Waals surface area contributed by atoms with Gasteiger partial charge in [0.1, 0.15) is 23.7 Å². The van der Waals surface area contributed by atoms with Gasteiger partial charge in [-0.3, -0.25) is 9.69 Å². The fraction of sp³-hybridized carbons (Fsp3) is 0.250. The summed E-state index contributed by atoms with van der Waals surface area (Å²) in [6.07, 6.45) is 0.343. The Morgan fingerprint density at radius 2 is 1.81 bits per heavy atom. The zero-order chi connectivity index (χ0) is 19.4. The van der Waals surface area contributed by atoms with Crippen LogP contribution in [-0.2, 0) is 10.3 Å². The molecule has 138 valence electrons. The van der Waals surface area contributed by atoms with Crippen LogP contribution in [0.3, 0.4) is 0 Å². The standard InChI is InChI=1S/C20H18FN3O3/c1-2-20(15-5-7-16(21)8-6-15)18(25)24(19(26)23-20)11-12-27-17-9-3-14(13-22)4-10-17/h3-10H,2,11-12H2,1H3,(H,23,26)/t20-/m0/s1. The van der Waals surface area contributed by atoms with E-state index in [0.717, 1.165) is 4.90 Å². The lowest BCUT2D eigenvalue weighted by molar-refractivity contribution is -0.132. The molecule has 0 spiro atoms. The maximum atomic E-state index is 13.2. The number of urea groups is 1. The molecule has 1 N–H and O–H groups in total. The minimum absolute atomic E-state index is 0.0770. The summed E-state index contributed by atoms with van der Waals surface area (Å²) in [7, 11) is 0. The first kappa shape index (κ1) is 18.4. The van der Waals surface area contributed by atoms with E-state index >= 15 is 0 Å². The van der Waals surface area contributed by atoms with E-state index in [1.54, 1.807) is 31.2 Å². The number of carbonyl (C=O) groups excluding carboxylic acids is 2. The van der Waals surface area contributed by atoms with Crippen molar-refractivity contribution >= 4 is 11.9 Å². The Hall–Kier alpha value is -3.40. The Labute approximate surface area is 156 Å². The molecule has 0 aromatic heterocycles. The average molecular weight is 367 g/mol. The average Bonchev–Trinajstić information content (AvgIpc) is 2.94. The molecule has 27 heavy (non-hydrogen) atoms. The molecule has 1 fully saturated rings. The van der Waals surface area contributed by atoms with Crippen molar-refractivity contribution in [1.29, 1.82) is 5.26 Å². The Bertz CT molecular complexity index is 890. The number of amides is 3. The minimum atomic E-state index is -1.20. The number of rotatable bonds is 6. The number of nitrogens with zero attached hydrogens (tertiary/aromatic N) is 2. The van der Waals surface area contributed by atoms with Crippen molar-refractivity contribution in [1.82, 2.24) is 10.2 Å². The fourth-order valence-electron chi connectivity index (χ4n) is 3.08. The van der Waals surface area contributed by atoms with Gasteiger partial charge in [-0.25, -0.2) is 9.18 Å². The highest BCUT2D eigenvalue weighted by molar-refractivity contribution is 6.07. The van der Waals surface area contributed by atoms with E-state index in [1.165, 1.54) is 24.3 Å². The molecule has 0 saturated carbocycles. The van der Waals surface area contributed by atoms with Crippen molar-refractivity contribution in [3.63, 3.8) is 0 Å². The third-order valence-corrected chi connectivity index (χ3v) is 4.61. The number of ether oxygens (including phenoxy) is 1. The predicted octanol–water partition coefficient (Wildman–Crippen LogP) is 2.93. The summed E-state index contributed by atoms with van der Waals surface area (Å²) in [5.74, 6) is -0.249. The third kappa shape index (κ3) is 3.47. The first-order valence-electron chi connectivity index (χ1n) is 8.53. The van der Waals surface area contributed by atoms with Gasteiger partial charge in [0.15, 0.2) is 0 Å². The molecule has 1 heterocycles. The number of carbonyl (C=O) groups is 2. The van der Waals surface area contributed by atoms with Crippen molar-refractivity contribution in [2.24, 2.45) is 0 Å². The summed E-state index contributed by atoms with van der Waals surface area (Å²) in [6, 6.07) is 13.6. The van der Waals surface area contributed by atoms with Gasteiger partial charge in [-0.2, -0.15) is 5.26 Å². The smallest absolute Gasteiger partial charge is 0.325 e. The highest BCUT2D eigenvalue weighted by Crippen LogP contribution is 2.32. The maximum Gasteiger partial charge on any atom is 0.325 e. The second-order valence-corrected chi connectivity index (χ2v) is 6.14. The van der Waals surface area contributed by atoms with E-state index in [9.17, 15) is 14.0 Å². The molecule has 0 aliphatic carbocycles. The van der Waals surface area contributed by atoms with Gasteiger partial charge >= 0.3 is 6.03 Å². The molecule has 2 aromatic carbocycles. The van der Waals surface area contributed by atoms with Crippen molar-refractivity contribution < 1.29 is 18.7 Å². The van der Waals surface area contributed by atoms with Gasteiger partial charge in [0, 0.05) is 0 Å². The molecular weight excluding hydrogens is 349 g/mol. The van der Waals surface area contributed by atoms with Gasteiger partial charge in [0.25, 0.3) is 5.91 Å². The Morgan fingerprint density at radius 1 is 1.15 bits per heavy atom. The number of imide groups is 1. The van der Waals surface area contributed by atoms with Gasteiger partial charge in [0.2, 0.25) is 0 Å². The number of benzene rings is 2. The van der Waals surface area contributed by atoms with Crippen LogP contribution in [0.25, 0.3) is 0 Å². The molecular formula is C20H18FN3O3. The monoisotopic (exact) mass is 367 g/mol. The quantitative estimate of drug-likeness (QED) is 0.796. The molecule has 0 bridgehead atoms. The molecule has 1 saturated heterocycles. The number of hydrogen-bond donors (Lipinski definition) is 1. The number of halogens is 1. The summed E-state index contributed by atoms with van der Waals surface area (Å²) in [4.78, 5) is 26.4. The van der Waals surface area contributed by atoms with Gasteiger partial charge < -0.3 is 10.1 Å². The minimum Gasteiger partial charge on any atom is -0.492 e. The molecule has 3 rings (SSSR count). The van der Waals surface area contributed by atoms with Gasteiger partial charge in [-0.15, -0.1) is 0 Å². The SMILES string of the molecule is CC[C@@]1(c2ccc(F)cc2)NC(=O)N(CCOc2ccc(C#N)cc2)C1=O. The van der Waals surface area contributed by atoms with Crippen LogP contribution < -0.4 is 10.1 Å². The fourth-order valence-corrected chi connectivity index (χ4v) is 3.08. The van der Waals surface area contributed by atoms with Crippen LogP contribution in [0.2, 0.25) is 0 Å². The van der Waals surface area contributed by atoms with E-state index in [1.807, 2.05) is 6.07 Å². The first-order valence-corrected chi connectivity index (χ1v) is 8.53. The van der Waals surface area contributed by atoms with Crippen LogP contribution in [0.4, 0.5) is 9.18 Å². The topological polar surface area (TPSA) is 82.4 Å². The summed E-state index contributed by atoms with van der Waals surface area (Å²) >= 11 is 0. The molecule has 1 aliphatic rings. The molecule has 3 amide bonds. The third-order valence-electron chi connectivity index (χ3n) is 4.61. The van der Waals surface area contributed by atoms with Crippen LogP contribution in [0.1, 0.15) is 24.5 Å². The van der Waals surface area contributed by atoms with Gasteiger partial charge in [-0.05, 0) is 48.4 Å². The van der Waals surface area contributed by atoms with Crippen molar-refractivity contribution in [3.8, 4) is 11.8 Å². The lowest BCUT2D eigenvalue weighted by Crippen LogP contribution is -2.43. The highest BCUT2D eigenvalue weighted by Gasteiger charge is 2.51. The summed E-state index contributed by atoms with van der Waals surface area (Å²) in [6.45, 7) is 1.99. The highest BCUT2D eigenvalue weighted by atomic mass is 19.1. The van der Waals surface area contributed by atoms with Crippen LogP contribution in [0, 0.1) is 17.1 Å². The van der Waals surface area contributed by atoms with E-state index in [2.05, 4.69) is 5.32 Å². The van der Waals surface area contributed by atoms with Gasteiger partial charge in [-0.1, -0.05) is 19.1 Å². The molecule has 1 atom stereocenters. The normalized spacial score (nSPS) is 18.9. The lowest BCUT2D eigenvalue weighted by Gasteiger charge is -2.25.